The van der Waals surface area contributed by atoms with E-state index in [1.54, 1.807) is 23.1 Å². The Hall–Kier alpha value is -2.83. The Bertz CT molecular complexity index is 1130. The van der Waals surface area contributed by atoms with Crippen molar-refractivity contribution in [2.75, 3.05) is 6.61 Å². The number of hydrogen-bond donors (Lipinski definition) is 1. The summed E-state index contributed by atoms with van der Waals surface area (Å²) in [4.78, 5) is 28.7. The first-order valence-corrected chi connectivity index (χ1v) is 12.6. The van der Waals surface area contributed by atoms with Crippen LogP contribution in [0.4, 0.5) is 0 Å². The summed E-state index contributed by atoms with van der Waals surface area (Å²) < 4.78 is 6.59. The number of rotatable bonds is 9. The van der Waals surface area contributed by atoms with Gasteiger partial charge in [0, 0.05) is 23.0 Å². The topological polar surface area (TPSA) is 58.6 Å². The third-order valence-corrected chi connectivity index (χ3v) is 6.00. The van der Waals surface area contributed by atoms with Gasteiger partial charge < -0.3 is 15.0 Å². The highest BCUT2D eigenvalue weighted by Crippen LogP contribution is 2.28. The molecule has 2 amide bonds. The van der Waals surface area contributed by atoms with Crippen LogP contribution in [0.3, 0.4) is 0 Å². The predicted molar refractivity (Wildman–Crippen MR) is 143 cm³/mol. The monoisotopic (exact) mass is 556 g/mol. The lowest BCUT2D eigenvalue weighted by Crippen LogP contribution is -2.55. The second kappa shape index (κ2) is 12.2. The smallest absolute Gasteiger partial charge is 0.261 e. The fourth-order valence-electron chi connectivity index (χ4n) is 3.60. The SMILES string of the molecule is CC(C)(C)NC(=O)[C@H](Cc1ccccc1)N(Cc1ccccc1)C(=O)COc1ccc(Br)cc1Cl. The molecule has 0 aliphatic rings. The van der Waals surface area contributed by atoms with Gasteiger partial charge in [-0.25, -0.2) is 0 Å². The molecule has 0 radical (unpaired) electrons. The van der Waals surface area contributed by atoms with Crippen LogP contribution >= 0.6 is 27.5 Å². The normalized spacial score (nSPS) is 12.0. The zero-order chi connectivity index (χ0) is 25.4. The molecule has 0 aliphatic carbocycles. The molecule has 0 bridgehead atoms. The number of amides is 2. The van der Waals surface area contributed by atoms with Gasteiger partial charge in [-0.1, -0.05) is 88.2 Å². The average molecular weight is 558 g/mol. The second-order valence-corrected chi connectivity index (χ2v) is 10.6. The molecule has 1 N–H and O–H groups in total. The van der Waals surface area contributed by atoms with Gasteiger partial charge in [0.2, 0.25) is 5.91 Å². The van der Waals surface area contributed by atoms with E-state index in [1.165, 1.54) is 0 Å². The molecule has 7 heteroatoms. The highest BCUT2D eigenvalue weighted by molar-refractivity contribution is 9.10. The van der Waals surface area contributed by atoms with E-state index in [4.69, 9.17) is 16.3 Å². The summed E-state index contributed by atoms with van der Waals surface area (Å²) in [5.74, 6) is -0.119. The van der Waals surface area contributed by atoms with E-state index in [1.807, 2.05) is 81.4 Å². The Morgan fingerprint density at radius 2 is 1.57 bits per heavy atom. The van der Waals surface area contributed by atoms with Gasteiger partial charge in [0.15, 0.2) is 6.61 Å². The first-order chi connectivity index (χ1) is 16.6. The lowest BCUT2D eigenvalue weighted by molar-refractivity contribution is -0.143. The average Bonchev–Trinajstić information content (AvgIpc) is 2.81. The van der Waals surface area contributed by atoms with Crippen molar-refractivity contribution in [1.29, 1.82) is 0 Å². The number of nitrogens with zero attached hydrogens (tertiary/aromatic N) is 1. The molecule has 35 heavy (non-hydrogen) atoms. The quantitative estimate of drug-likeness (QED) is 0.349. The molecule has 0 heterocycles. The summed E-state index contributed by atoms with van der Waals surface area (Å²) in [6.45, 7) is 5.79. The number of benzene rings is 3. The van der Waals surface area contributed by atoms with Crippen molar-refractivity contribution >= 4 is 39.3 Å². The van der Waals surface area contributed by atoms with Crippen LogP contribution in [-0.2, 0) is 22.6 Å². The number of carbonyl (C=O) groups excluding carboxylic acids is 2. The Morgan fingerprint density at radius 1 is 0.971 bits per heavy atom. The van der Waals surface area contributed by atoms with Crippen molar-refractivity contribution in [3.05, 3.63) is 99.5 Å². The molecule has 0 fully saturated rings. The number of hydrogen-bond acceptors (Lipinski definition) is 3. The van der Waals surface area contributed by atoms with Crippen LogP contribution in [0.15, 0.2) is 83.3 Å². The van der Waals surface area contributed by atoms with Gasteiger partial charge >= 0.3 is 0 Å². The van der Waals surface area contributed by atoms with E-state index in [0.29, 0.717) is 17.2 Å². The molecule has 184 valence electrons. The first-order valence-electron chi connectivity index (χ1n) is 11.4. The van der Waals surface area contributed by atoms with E-state index >= 15 is 0 Å². The fraction of sp³-hybridized carbons (Fsp3) is 0.286. The zero-order valence-electron chi connectivity index (χ0n) is 20.1. The van der Waals surface area contributed by atoms with Crippen LogP contribution in [0.1, 0.15) is 31.9 Å². The molecule has 3 rings (SSSR count). The Balaban J connectivity index is 1.91. The van der Waals surface area contributed by atoms with Gasteiger partial charge in [-0.05, 0) is 50.1 Å². The number of carbonyl (C=O) groups is 2. The molecule has 0 saturated heterocycles. The van der Waals surface area contributed by atoms with Crippen LogP contribution in [0, 0.1) is 0 Å². The van der Waals surface area contributed by atoms with Gasteiger partial charge in [-0.15, -0.1) is 0 Å². The van der Waals surface area contributed by atoms with Gasteiger partial charge in [0.25, 0.3) is 5.91 Å². The lowest BCUT2D eigenvalue weighted by atomic mass is 10.0. The van der Waals surface area contributed by atoms with E-state index in [-0.39, 0.29) is 25.0 Å². The van der Waals surface area contributed by atoms with Crippen LogP contribution in [0.5, 0.6) is 5.75 Å². The molecule has 0 aliphatic heterocycles. The van der Waals surface area contributed by atoms with Crippen molar-refractivity contribution in [1.82, 2.24) is 10.2 Å². The van der Waals surface area contributed by atoms with Crippen LogP contribution in [0.2, 0.25) is 5.02 Å². The summed E-state index contributed by atoms with van der Waals surface area (Å²) in [5.41, 5.74) is 1.43. The summed E-state index contributed by atoms with van der Waals surface area (Å²) in [5, 5.41) is 3.45. The van der Waals surface area contributed by atoms with Crippen LogP contribution in [-0.4, -0.2) is 34.9 Å². The van der Waals surface area contributed by atoms with Crippen molar-refractivity contribution < 1.29 is 14.3 Å². The molecule has 3 aromatic carbocycles. The minimum absolute atomic E-state index is 0.215. The Labute approximate surface area is 220 Å². The maximum Gasteiger partial charge on any atom is 0.261 e. The van der Waals surface area contributed by atoms with Gasteiger partial charge in [-0.3, -0.25) is 9.59 Å². The molecular formula is C28H30BrClN2O3. The summed E-state index contributed by atoms with van der Waals surface area (Å²) in [6, 6.07) is 23.8. The number of halogens is 2. The minimum atomic E-state index is -0.728. The van der Waals surface area contributed by atoms with Gasteiger partial charge in [0.05, 0.1) is 5.02 Å². The number of ether oxygens (including phenoxy) is 1. The lowest BCUT2D eigenvalue weighted by Gasteiger charge is -2.33. The summed E-state index contributed by atoms with van der Waals surface area (Å²) in [7, 11) is 0. The van der Waals surface area contributed by atoms with E-state index in [9.17, 15) is 9.59 Å². The van der Waals surface area contributed by atoms with Crippen molar-refractivity contribution in [2.45, 2.75) is 45.3 Å². The van der Waals surface area contributed by atoms with E-state index in [2.05, 4.69) is 21.2 Å². The van der Waals surface area contributed by atoms with Gasteiger partial charge in [-0.2, -0.15) is 0 Å². The van der Waals surface area contributed by atoms with E-state index < -0.39 is 11.6 Å². The molecule has 1 atom stereocenters. The summed E-state index contributed by atoms with van der Waals surface area (Å²) >= 11 is 9.64. The fourth-order valence-corrected chi connectivity index (χ4v) is 4.33. The van der Waals surface area contributed by atoms with Crippen molar-refractivity contribution in [2.24, 2.45) is 0 Å². The van der Waals surface area contributed by atoms with Crippen molar-refractivity contribution in [3.63, 3.8) is 0 Å². The molecule has 0 spiro atoms. The van der Waals surface area contributed by atoms with E-state index in [0.717, 1.165) is 15.6 Å². The molecule has 3 aromatic rings. The summed E-state index contributed by atoms with van der Waals surface area (Å²) in [6.07, 6.45) is 0.375. The van der Waals surface area contributed by atoms with Crippen LogP contribution < -0.4 is 10.1 Å². The van der Waals surface area contributed by atoms with Crippen LogP contribution in [0.25, 0.3) is 0 Å². The Morgan fingerprint density at radius 3 is 2.14 bits per heavy atom. The molecular weight excluding hydrogens is 528 g/mol. The number of nitrogens with one attached hydrogen (secondary N) is 1. The first kappa shape index (κ1) is 26.8. The van der Waals surface area contributed by atoms with Gasteiger partial charge in [0.1, 0.15) is 11.8 Å². The maximum absolute atomic E-state index is 13.6. The molecule has 0 unspecified atom stereocenters. The van der Waals surface area contributed by atoms with Crippen molar-refractivity contribution in [3.8, 4) is 5.75 Å². The highest BCUT2D eigenvalue weighted by atomic mass is 79.9. The largest absolute Gasteiger partial charge is 0.482 e. The molecule has 0 aromatic heterocycles. The minimum Gasteiger partial charge on any atom is -0.482 e. The zero-order valence-corrected chi connectivity index (χ0v) is 22.5. The standard InChI is InChI=1S/C28H30BrClN2O3/c1-28(2,3)31-27(34)24(16-20-10-6-4-7-11-20)32(18-21-12-8-5-9-13-21)26(33)19-35-25-15-14-22(29)17-23(25)30/h4-15,17,24H,16,18-19H2,1-3H3,(H,31,34)/t24-/m0/s1. The molecule has 5 nitrogen and oxygen atoms in total. The predicted octanol–water partition coefficient (Wildman–Crippen LogP) is 6.04. The third-order valence-electron chi connectivity index (χ3n) is 5.21. The highest BCUT2D eigenvalue weighted by Gasteiger charge is 2.32. The Kier molecular flexibility index (Phi) is 9.35. The third kappa shape index (κ3) is 8.41. The maximum atomic E-state index is 13.6. The molecule has 0 saturated carbocycles. The second-order valence-electron chi connectivity index (χ2n) is 9.32.